The highest BCUT2D eigenvalue weighted by atomic mass is 19.1. The molecule has 0 unspecified atom stereocenters. The highest BCUT2D eigenvalue weighted by Gasteiger charge is 2.24. The smallest absolute Gasteiger partial charge is 0.310 e. The van der Waals surface area contributed by atoms with Crippen molar-refractivity contribution in [3.8, 4) is 11.4 Å². The zero-order valence-electron chi connectivity index (χ0n) is 18.9. The van der Waals surface area contributed by atoms with Crippen LogP contribution in [0.1, 0.15) is 28.5 Å². The Kier molecular flexibility index (Phi) is 6.65. The molecule has 34 heavy (non-hydrogen) atoms. The Morgan fingerprint density at radius 1 is 1.09 bits per heavy atom. The first-order valence-corrected chi connectivity index (χ1v) is 10.8. The third-order valence-electron chi connectivity index (χ3n) is 5.43. The number of rotatable bonds is 7. The fourth-order valence-electron chi connectivity index (χ4n) is 3.74. The Labute approximate surface area is 195 Å². The molecule has 0 aliphatic heterocycles. The number of para-hydroxylation sites is 1. The van der Waals surface area contributed by atoms with Crippen LogP contribution in [0.2, 0.25) is 0 Å². The Morgan fingerprint density at radius 3 is 2.62 bits per heavy atom. The number of halogens is 1. The second-order valence-electron chi connectivity index (χ2n) is 7.58. The maximum atomic E-state index is 15.0. The van der Waals surface area contributed by atoms with Gasteiger partial charge < -0.3 is 15.4 Å². The summed E-state index contributed by atoms with van der Waals surface area (Å²) in [5.74, 6) is -1.28. The summed E-state index contributed by atoms with van der Waals surface area (Å²) in [6.45, 7) is 2.03. The van der Waals surface area contributed by atoms with E-state index >= 15 is 0 Å². The van der Waals surface area contributed by atoms with Gasteiger partial charge in [0.2, 0.25) is 0 Å². The fourth-order valence-corrected chi connectivity index (χ4v) is 3.74. The second-order valence-corrected chi connectivity index (χ2v) is 7.58. The van der Waals surface area contributed by atoms with Gasteiger partial charge in [0.15, 0.2) is 11.5 Å². The number of aromatic nitrogens is 3. The standard InChI is InChI=1S/C25H24FN5O3/c1-3-34-21(32)14-16-8-4-5-11-19(16)30(2)25(33)23-20-12-7-13-31(20)29-24(28-23)18-10-6-9-17(15-27)22(18)26/h4-13H,3,14-15,27H2,1-2H3. The van der Waals surface area contributed by atoms with Gasteiger partial charge >= 0.3 is 5.97 Å². The van der Waals surface area contributed by atoms with Gasteiger partial charge in [-0.3, -0.25) is 9.59 Å². The highest BCUT2D eigenvalue weighted by Crippen LogP contribution is 2.26. The van der Waals surface area contributed by atoms with Gasteiger partial charge in [0.1, 0.15) is 5.82 Å². The molecule has 0 atom stereocenters. The van der Waals surface area contributed by atoms with Crippen LogP contribution in [0.4, 0.5) is 10.1 Å². The molecule has 2 heterocycles. The lowest BCUT2D eigenvalue weighted by molar-refractivity contribution is -0.142. The van der Waals surface area contributed by atoms with Crippen LogP contribution in [-0.2, 0) is 22.5 Å². The zero-order valence-corrected chi connectivity index (χ0v) is 18.9. The van der Waals surface area contributed by atoms with Gasteiger partial charge in [-0.25, -0.2) is 13.9 Å². The lowest BCUT2D eigenvalue weighted by Crippen LogP contribution is -2.29. The highest BCUT2D eigenvalue weighted by molar-refractivity contribution is 6.09. The molecular formula is C25H24FN5O3. The second kappa shape index (κ2) is 9.80. The summed E-state index contributed by atoms with van der Waals surface area (Å²) in [7, 11) is 1.60. The Bertz CT molecular complexity index is 1370. The number of hydrogen-bond acceptors (Lipinski definition) is 6. The minimum Gasteiger partial charge on any atom is -0.466 e. The summed E-state index contributed by atoms with van der Waals surface area (Å²) in [5.41, 5.74) is 7.87. The van der Waals surface area contributed by atoms with Gasteiger partial charge in [0.25, 0.3) is 5.91 Å². The predicted molar refractivity (Wildman–Crippen MR) is 126 cm³/mol. The predicted octanol–water partition coefficient (Wildman–Crippen LogP) is 3.38. The summed E-state index contributed by atoms with van der Waals surface area (Å²) in [6.07, 6.45) is 1.69. The van der Waals surface area contributed by atoms with E-state index in [1.807, 2.05) is 0 Å². The van der Waals surface area contributed by atoms with Gasteiger partial charge in [-0.2, -0.15) is 0 Å². The molecule has 8 nitrogen and oxygen atoms in total. The van der Waals surface area contributed by atoms with Crippen molar-refractivity contribution in [1.82, 2.24) is 14.6 Å². The van der Waals surface area contributed by atoms with E-state index in [0.717, 1.165) is 0 Å². The summed E-state index contributed by atoms with van der Waals surface area (Å²) in [5, 5.41) is 4.39. The van der Waals surface area contributed by atoms with Gasteiger partial charge in [-0.05, 0) is 36.8 Å². The molecule has 0 aliphatic rings. The van der Waals surface area contributed by atoms with Crippen LogP contribution in [0.3, 0.4) is 0 Å². The largest absolute Gasteiger partial charge is 0.466 e. The van der Waals surface area contributed by atoms with Gasteiger partial charge in [0, 0.05) is 31.0 Å². The first kappa shape index (κ1) is 23.1. The van der Waals surface area contributed by atoms with E-state index in [-0.39, 0.29) is 42.6 Å². The lowest BCUT2D eigenvalue weighted by Gasteiger charge is -2.21. The average Bonchev–Trinajstić information content (AvgIpc) is 3.32. The molecular weight excluding hydrogens is 437 g/mol. The van der Waals surface area contributed by atoms with Crippen molar-refractivity contribution in [2.24, 2.45) is 5.73 Å². The number of nitrogens with zero attached hydrogens (tertiary/aromatic N) is 4. The van der Waals surface area contributed by atoms with E-state index in [9.17, 15) is 14.0 Å². The van der Waals surface area contributed by atoms with Crippen molar-refractivity contribution >= 4 is 23.1 Å². The van der Waals surface area contributed by atoms with Crippen LogP contribution in [0.25, 0.3) is 16.9 Å². The van der Waals surface area contributed by atoms with E-state index in [4.69, 9.17) is 10.5 Å². The molecule has 2 aromatic heterocycles. The maximum Gasteiger partial charge on any atom is 0.310 e. The summed E-state index contributed by atoms with van der Waals surface area (Å²) < 4.78 is 21.5. The minimum absolute atomic E-state index is 0.0221. The van der Waals surface area contributed by atoms with Crippen LogP contribution >= 0.6 is 0 Å². The molecule has 0 saturated heterocycles. The number of nitrogens with two attached hydrogens (primary N) is 1. The Morgan fingerprint density at radius 2 is 1.85 bits per heavy atom. The molecule has 4 rings (SSSR count). The molecule has 0 fully saturated rings. The molecule has 0 saturated carbocycles. The van der Waals surface area contributed by atoms with E-state index in [1.165, 1.54) is 9.42 Å². The van der Waals surface area contributed by atoms with Gasteiger partial charge in [-0.1, -0.05) is 30.3 Å². The first-order chi connectivity index (χ1) is 16.4. The van der Waals surface area contributed by atoms with Crippen molar-refractivity contribution in [2.75, 3.05) is 18.6 Å². The van der Waals surface area contributed by atoms with Crippen molar-refractivity contribution in [1.29, 1.82) is 0 Å². The van der Waals surface area contributed by atoms with Crippen LogP contribution < -0.4 is 10.6 Å². The summed E-state index contributed by atoms with van der Waals surface area (Å²) in [4.78, 5) is 31.5. The van der Waals surface area contributed by atoms with Crippen LogP contribution in [-0.4, -0.2) is 40.1 Å². The number of fused-ring (bicyclic) bond motifs is 1. The Balaban J connectivity index is 1.77. The third kappa shape index (κ3) is 4.38. The quantitative estimate of drug-likeness (QED) is 0.423. The lowest BCUT2D eigenvalue weighted by atomic mass is 10.1. The molecule has 0 radical (unpaired) electrons. The molecule has 1 amide bonds. The Hall–Kier alpha value is -4.11. The molecule has 0 bridgehead atoms. The number of hydrogen-bond donors (Lipinski definition) is 1. The zero-order chi connectivity index (χ0) is 24.2. The molecule has 2 aromatic carbocycles. The number of esters is 1. The topological polar surface area (TPSA) is 103 Å². The van der Waals surface area contributed by atoms with E-state index in [2.05, 4.69) is 10.1 Å². The molecule has 0 aliphatic carbocycles. The molecule has 174 valence electrons. The maximum absolute atomic E-state index is 15.0. The van der Waals surface area contributed by atoms with Crippen LogP contribution in [0.15, 0.2) is 60.8 Å². The average molecular weight is 461 g/mol. The summed E-state index contributed by atoms with van der Waals surface area (Å²) in [6, 6.07) is 15.3. The van der Waals surface area contributed by atoms with Crippen molar-refractivity contribution < 1.29 is 18.7 Å². The number of anilines is 1. The van der Waals surface area contributed by atoms with Crippen LogP contribution in [0.5, 0.6) is 0 Å². The van der Waals surface area contributed by atoms with Crippen molar-refractivity contribution in [3.05, 3.63) is 83.4 Å². The number of carbonyl (C=O) groups excluding carboxylic acids is 2. The third-order valence-corrected chi connectivity index (χ3v) is 5.43. The molecule has 2 N–H and O–H groups in total. The number of amides is 1. The first-order valence-electron chi connectivity index (χ1n) is 10.8. The molecule has 9 heteroatoms. The normalized spacial score (nSPS) is 10.9. The van der Waals surface area contributed by atoms with E-state index in [0.29, 0.717) is 22.3 Å². The van der Waals surface area contributed by atoms with Crippen LogP contribution in [0, 0.1) is 5.82 Å². The van der Waals surface area contributed by atoms with E-state index < -0.39 is 11.7 Å². The SMILES string of the molecule is CCOC(=O)Cc1ccccc1N(C)C(=O)c1nc(-c2cccc(CN)c2F)nn2cccc12. The van der Waals surface area contributed by atoms with Crippen molar-refractivity contribution in [3.63, 3.8) is 0 Å². The monoisotopic (exact) mass is 461 g/mol. The van der Waals surface area contributed by atoms with Crippen molar-refractivity contribution in [2.45, 2.75) is 19.9 Å². The molecule has 0 spiro atoms. The fraction of sp³-hybridized carbons (Fsp3) is 0.200. The van der Waals surface area contributed by atoms with Gasteiger partial charge in [-0.15, -0.1) is 5.10 Å². The van der Waals surface area contributed by atoms with E-state index in [1.54, 1.807) is 74.8 Å². The molecule has 4 aromatic rings. The van der Waals surface area contributed by atoms with Gasteiger partial charge in [0.05, 0.1) is 24.1 Å². The summed E-state index contributed by atoms with van der Waals surface area (Å²) >= 11 is 0. The number of ether oxygens (including phenoxy) is 1. The number of benzene rings is 2. The minimum atomic E-state index is -0.525. The number of carbonyl (C=O) groups is 2.